The average Bonchev–Trinajstić information content (AvgIpc) is 2.64. The van der Waals surface area contributed by atoms with E-state index in [1.54, 1.807) is 6.26 Å². The lowest BCUT2D eigenvalue weighted by molar-refractivity contribution is 0.0228. The molecule has 0 spiro atoms. The summed E-state index contributed by atoms with van der Waals surface area (Å²) in [4.78, 5) is 0. The van der Waals surface area contributed by atoms with E-state index < -0.39 is 0 Å². The summed E-state index contributed by atoms with van der Waals surface area (Å²) in [5, 5.41) is 0. The third-order valence-corrected chi connectivity index (χ3v) is 3.11. The fourth-order valence-corrected chi connectivity index (χ4v) is 1.92. The second-order valence-electron chi connectivity index (χ2n) is 4.97. The Labute approximate surface area is 143 Å². The molecular weight excluding hydrogens is 304 g/mol. The number of hydrogen-bond acceptors (Lipinski definition) is 4. The molecule has 0 aliphatic heterocycles. The van der Waals surface area contributed by atoms with Crippen LogP contribution in [0.5, 0.6) is 5.75 Å². The molecule has 4 nitrogen and oxygen atoms in total. The van der Waals surface area contributed by atoms with Gasteiger partial charge in [0, 0.05) is 0 Å². The van der Waals surface area contributed by atoms with Crippen molar-refractivity contribution < 1.29 is 18.9 Å². The van der Waals surface area contributed by atoms with Gasteiger partial charge in [0.25, 0.3) is 0 Å². The van der Waals surface area contributed by atoms with E-state index in [-0.39, 0.29) is 0 Å². The third-order valence-electron chi connectivity index (χ3n) is 3.11. The van der Waals surface area contributed by atoms with Gasteiger partial charge in [0.1, 0.15) is 19.0 Å². The predicted molar refractivity (Wildman–Crippen MR) is 95.0 cm³/mol. The fraction of sp³-hybridized carbons (Fsp3) is 0.300. The molecule has 2 aromatic rings. The van der Waals surface area contributed by atoms with Crippen molar-refractivity contribution in [1.82, 2.24) is 0 Å². The van der Waals surface area contributed by atoms with Crippen LogP contribution in [0.3, 0.4) is 0 Å². The molecule has 128 valence electrons. The van der Waals surface area contributed by atoms with Crippen molar-refractivity contribution in [3.05, 3.63) is 72.5 Å². The first-order chi connectivity index (χ1) is 11.9. The molecule has 2 aromatic carbocycles. The van der Waals surface area contributed by atoms with Crippen LogP contribution in [0.4, 0.5) is 0 Å². The zero-order chi connectivity index (χ0) is 16.7. The van der Waals surface area contributed by atoms with Crippen molar-refractivity contribution in [1.29, 1.82) is 0 Å². The van der Waals surface area contributed by atoms with E-state index in [2.05, 4.69) is 0 Å². The van der Waals surface area contributed by atoms with E-state index in [1.807, 2.05) is 66.7 Å². The molecule has 0 heterocycles. The zero-order valence-electron chi connectivity index (χ0n) is 13.8. The number of para-hydroxylation sites is 1. The highest BCUT2D eigenvalue weighted by atomic mass is 16.6. The van der Waals surface area contributed by atoms with Gasteiger partial charge in [-0.2, -0.15) is 0 Å². The Bertz CT molecular complexity index is 554. The quantitative estimate of drug-likeness (QED) is 0.439. The summed E-state index contributed by atoms with van der Waals surface area (Å²) in [5.74, 6) is 0.859. The summed E-state index contributed by atoms with van der Waals surface area (Å²) in [6, 6.07) is 19.7. The van der Waals surface area contributed by atoms with Crippen LogP contribution < -0.4 is 4.74 Å². The molecule has 0 aromatic heterocycles. The fourth-order valence-electron chi connectivity index (χ4n) is 1.92. The molecule has 0 atom stereocenters. The second kappa shape index (κ2) is 12.2. The van der Waals surface area contributed by atoms with Gasteiger partial charge in [-0.05, 0) is 23.8 Å². The first kappa shape index (κ1) is 18.0. The topological polar surface area (TPSA) is 36.9 Å². The zero-order valence-corrected chi connectivity index (χ0v) is 13.8. The van der Waals surface area contributed by atoms with Gasteiger partial charge in [-0.25, -0.2) is 0 Å². The summed E-state index contributed by atoms with van der Waals surface area (Å²) in [7, 11) is 0. The van der Waals surface area contributed by atoms with Crippen LogP contribution in [0.25, 0.3) is 6.08 Å². The van der Waals surface area contributed by atoms with Gasteiger partial charge in [-0.15, -0.1) is 0 Å². The number of rotatable bonds is 12. The van der Waals surface area contributed by atoms with E-state index in [4.69, 9.17) is 18.9 Å². The SMILES string of the molecule is C(=Cc1ccccc1)OCCOCCOCCOc1ccccc1. The van der Waals surface area contributed by atoms with Crippen LogP contribution >= 0.6 is 0 Å². The average molecular weight is 328 g/mol. The minimum Gasteiger partial charge on any atom is -0.499 e. The number of ether oxygens (including phenoxy) is 4. The van der Waals surface area contributed by atoms with Gasteiger partial charge in [0.05, 0.1) is 32.7 Å². The minimum atomic E-state index is 0.528. The molecule has 0 radical (unpaired) electrons. The monoisotopic (exact) mass is 328 g/mol. The van der Waals surface area contributed by atoms with Crippen LogP contribution in [0.1, 0.15) is 5.56 Å². The Morgan fingerprint density at radius 1 is 0.625 bits per heavy atom. The molecule has 0 amide bonds. The molecule has 4 heteroatoms. The third kappa shape index (κ3) is 8.36. The number of benzene rings is 2. The van der Waals surface area contributed by atoms with E-state index in [0.717, 1.165) is 11.3 Å². The van der Waals surface area contributed by atoms with Crippen LogP contribution in [0.15, 0.2) is 66.9 Å². The van der Waals surface area contributed by atoms with Gasteiger partial charge >= 0.3 is 0 Å². The molecule has 0 fully saturated rings. The van der Waals surface area contributed by atoms with Crippen molar-refractivity contribution in [3.8, 4) is 5.75 Å². The predicted octanol–water partition coefficient (Wildman–Crippen LogP) is 3.79. The smallest absolute Gasteiger partial charge is 0.119 e. The maximum atomic E-state index is 5.52. The highest BCUT2D eigenvalue weighted by Crippen LogP contribution is 2.07. The minimum absolute atomic E-state index is 0.528. The van der Waals surface area contributed by atoms with Crippen LogP contribution in [0.2, 0.25) is 0 Å². The standard InChI is InChI=1S/C20H24O4/c1-3-7-19(8-4-1)11-12-21-13-14-22-15-16-23-17-18-24-20-9-5-2-6-10-20/h1-12H,13-18H2. The molecule has 0 saturated heterocycles. The first-order valence-corrected chi connectivity index (χ1v) is 8.12. The van der Waals surface area contributed by atoms with Crippen molar-refractivity contribution in [2.75, 3.05) is 39.6 Å². The molecule has 0 unspecified atom stereocenters. The molecule has 0 aliphatic carbocycles. The highest BCUT2D eigenvalue weighted by molar-refractivity contribution is 5.47. The maximum absolute atomic E-state index is 5.52. The van der Waals surface area contributed by atoms with E-state index >= 15 is 0 Å². The maximum Gasteiger partial charge on any atom is 0.119 e. The Morgan fingerprint density at radius 3 is 1.92 bits per heavy atom. The summed E-state index contributed by atoms with van der Waals surface area (Å²) < 4.78 is 21.7. The van der Waals surface area contributed by atoms with Crippen LogP contribution in [-0.2, 0) is 14.2 Å². The lowest BCUT2D eigenvalue weighted by Gasteiger charge is -2.07. The second-order valence-corrected chi connectivity index (χ2v) is 4.97. The Morgan fingerprint density at radius 2 is 1.21 bits per heavy atom. The highest BCUT2D eigenvalue weighted by Gasteiger charge is 1.93. The van der Waals surface area contributed by atoms with Crippen LogP contribution in [-0.4, -0.2) is 39.6 Å². The normalized spacial score (nSPS) is 10.8. The Kier molecular flexibility index (Phi) is 9.14. The first-order valence-electron chi connectivity index (χ1n) is 8.12. The van der Waals surface area contributed by atoms with Crippen molar-refractivity contribution in [2.45, 2.75) is 0 Å². The van der Waals surface area contributed by atoms with Gasteiger partial charge in [0.2, 0.25) is 0 Å². The van der Waals surface area contributed by atoms with Gasteiger partial charge in [-0.3, -0.25) is 0 Å². The molecule has 2 rings (SSSR count). The van der Waals surface area contributed by atoms with Crippen molar-refractivity contribution >= 4 is 6.08 Å². The summed E-state index contributed by atoms with van der Waals surface area (Å²) in [6.07, 6.45) is 3.62. The summed E-state index contributed by atoms with van der Waals surface area (Å²) >= 11 is 0. The van der Waals surface area contributed by atoms with Gasteiger partial charge in [-0.1, -0.05) is 48.5 Å². The van der Waals surface area contributed by atoms with E-state index in [0.29, 0.717) is 39.6 Å². The number of hydrogen-bond donors (Lipinski definition) is 0. The molecule has 0 N–H and O–H groups in total. The Hall–Kier alpha value is -2.30. The lowest BCUT2D eigenvalue weighted by Crippen LogP contribution is -2.12. The van der Waals surface area contributed by atoms with Crippen molar-refractivity contribution in [2.24, 2.45) is 0 Å². The van der Waals surface area contributed by atoms with Crippen molar-refractivity contribution in [3.63, 3.8) is 0 Å². The van der Waals surface area contributed by atoms with Gasteiger partial charge in [0.15, 0.2) is 0 Å². The molecule has 0 aliphatic rings. The summed E-state index contributed by atoms with van der Waals surface area (Å²) in [6.45, 7) is 3.27. The Balaban J connectivity index is 1.36. The largest absolute Gasteiger partial charge is 0.499 e. The van der Waals surface area contributed by atoms with Crippen LogP contribution in [0, 0.1) is 0 Å². The molecule has 0 bridgehead atoms. The lowest BCUT2D eigenvalue weighted by atomic mass is 10.2. The van der Waals surface area contributed by atoms with E-state index in [9.17, 15) is 0 Å². The molecular formula is C20H24O4. The molecule has 24 heavy (non-hydrogen) atoms. The summed E-state index contributed by atoms with van der Waals surface area (Å²) in [5.41, 5.74) is 1.12. The van der Waals surface area contributed by atoms with E-state index in [1.165, 1.54) is 0 Å². The van der Waals surface area contributed by atoms with Gasteiger partial charge < -0.3 is 18.9 Å². The molecule has 0 saturated carbocycles.